The van der Waals surface area contributed by atoms with Crippen molar-refractivity contribution in [3.05, 3.63) is 107 Å². The van der Waals surface area contributed by atoms with Crippen LogP contribution in [-0.2, 0) is 6.42 Å². The standard InChI is InChI=1S/C27H18F4/c1-2-3-17-4-8-19(9-5-17)21-15-25(29)23(26(30)16-21)12-7-18-6-11-22-20(14-18)10-13-24(28)27(22)31/h4-6,8-11,13-16H,2-3H2,1H3. The second kappa shape index (κ2) is 8.65. The largest absolute Gasteiger partial charge is 0.205 e. The summed E-state index contributed by atoms with van der Waals surface area (Å²) in [6, 6.07) is 17.0. The van der Waals surface area contributed by atoms with E-state index < -0.39 is 23.3 Å². The number of rotatable bonds is 3. The number of hydrogen-bond acceptors (Lipinski definition) is 0. The van der Waals surface area contributed by atoms with Gasteiger partial charge in [-0.1, -0.05) is 61.6 Å². The third-order valence-electron chi connectivity index (χ3n) is 5.11. The van der Waals surface area contributed by atoms with Gasteiger partial charge in [0.2, 0.25) is 0 Å². The van der Waals surface area contributed by atoms with E-state index in [4.69, 9.17) is 0 Å². The molecule has 4 rings (SSSR count). The lowest BCUT2D eigenvalue weighted by molar-refractivity contribution is 0.517. The van der Waals surface area contributed by atoms with E-state index in [-0.39, 0.29) is 10.9 Å². The van der Waals surface area contributed by atoms with E-state index in [1.807, 2.05) is 24.3 Å². The molecule has 0 N–H and O–H groups in total. The van der Waals surface area contributed by atoms with Crippen LogP contribution in [0.5, 0.6) is 0 Å². The Bertz CT molecular complexity index is 1300. The normalized spacial score (nSPS) is 10.7. The monoisotopic (exact) mass is 418 g/mol. The van der Waals surface area contributed by atoms with Gasteiger partial charge in [-0.3, -0.25) is 0 Å². The van der Waals surface area contributed by atoms with E-state index in [1.54, 1.807) is 6.07 Å². The van der Waals surface area contributed by atoms with Crippen molar-refractivity contribution >= 4 is 10.8 Å². The lowest BCUT2D eigenvalue weighted by Crippen LogP contribution is -1.93. The minimum atomic E-state index is -0.938. The molecule has 0 saturated heterocycles. The van der Waals surface area contributed by atoms with E-state index in [2.05, 4.69) is 18.8 Å². The molecule has 0 aliphatic heterocycles. The molecule has 0 heterocycles. The fraction of sp³-hybridized carbons (Fsp3) is 0.111. The van der Waals surface area contributed by atoms with Crippen molar-refractivity contribution in [2.45, 2.75) is 19.8 Å². The van der Waals surface area contributed by atoms with E-state index in [0.29, 0.717) is 16.5 Å². The van der Waals surface area contributed by atoms with Crippen LogP contribution in [-0.4, -0.2) is 0 Å². The van der Waals surface area contributed by atoms with Gasteiger partial charge in [0.05, 0.1) is 5.56 Å². The molecule has 0 spiro atoms. The van der Waals surface area contributed by atoms with Gasteiger partial charge in [0, 0.05) is 10.9 Å². The Morgan fingerprint density at radius 1 is 0.677 bits per heavy atom. The van der Waals surface area contributed by atoms with E-state index in [9.17, 15) is 17.6 Å². The molecule has 0 saturated carbocycles. The first-order valence-corrected chi connectivity index (χ1v) is 9.94. The van der Waals surface area contributed by atoms with Crippen LogP contribution >= 0.6 is 0 Å². The first kappa shape index (κ1) is 20.7. The molecule has 0 atom stereocenters. The topological polar surface area (TPSA) is 0 Å². The highest BCUT2D eigenvalue weighted by molar-refractivity contribution is 5.84. The maximum Gasteiger partial charge on any atom is 0.166 e. The number of halogens is 4. The highest BCUT2D eigenvalue weighted by atomic mass is 19.2. The van der Waals surface area contributed by atoms with Gasteiger partial charge in [-0.25, -0.2) is 17.6 Å². The average molecular weight is 418 g/mol. The molecular formula is C27H18F4. The van der Waals surface area contributed by atoms with Crippen molar-refractivity contribution in [1.82, 2.24) is 0 Å². The van der Waals surface area contributed by atoms with Gasteiger partial charge >= 0.3 is 0 Å². The molecule has 0 aliphatic rings. The Labute approximate surface area is 178 Å². The quantitative estimate of drug-likeness (QED) is 0.240. The van der Waals surface area contributed by atoms with Gasteiger partial charge in [0.25, 0.3) is 0 Å². The van der Waals surface area contributed by atoms with Crippen LogP contribution in [0.2, 0.25) is 0 Å². The second-order valence-corrected chi connectivity index (χ2v) is 7.31. The maximum absolute atomic E-state index is 14.6. The predicted molar refractivity (Wildman–Crippen MR) is 116 cm³/mol. The van der Waals surface area contributed by atoms with Gasteiger partial charge in [0.1, 0.15) is 11.6 Å². The zero-order valence-electron chi connectivity index (χ0n) is 16.8. The van der Waals surface area contributed by atoms with E-state index >= 15 is 0 Å². The average Bonchev–Trinajstić information content (AvgIpc) is 2.76. The molecule has 0 amide bonds. The minimum Gasteiger partial charge on any atom is -0.205 e. The Morgan fingerprint density at radius 2 is 1.39 bits per heavy atom. The van der Waals surface area contributed by atoms with Crippen molar-refractivity contribution in [3.63, 3.8) is 0 Å². The summed E-state index contributed by atoms with van der Waals surface area (Å²) in [6.45, 7) is 2.09. The second-order valence-electron chi connectivity index (χ2n) is 7.31. The third-order valence-corrected chi connectivity index (χ3v) is 5.11. The molecule has 0 aromatic heterocycles. The summed E-state index contributed by atoms with van der Waals surface area (Å²) in [4.78, 5) is 0. The van der Waals surface area contributed by atoms with E-state index in [1.165, 1.54) is 35.9 Å². The molecule has 0 nitrogen and oxygen atoms in total. The molecule has 154 valence electrons. The molecule has 0 bridgehead atoms. The number of benzene rings is 4. The lowest BCUT2D eigenvalue weighted by Gasteiger charge is -2.06. The van der Waals surface area contributed by atoms with Crippen LogP contribution in [0.15, 0.2) is 66.7 Å². The Balaban J connectivity index is 1.65. The van der Waals surface area contributed by atoms with Crippen LogP contribution in [0.25, 0.3) is 21.9 Å². The summed E-state index contributed by atoms with van der Waals surface area (Å²) in [6.07, 6.45) is 1.98. The molecule has 4 heteroatoms. The summed E-state index contributed by atoms with van der Waals surface area (Å²) in [5, 5.41) is 0.575. The van der Waals surface area contributed by atoms with Crippen molar-refractivity contribution in [3.8, 4) is 23.0 Å². The summed E-state index contributed by atoms with van der Waals surface area (Å²) in [5.74, 6) is 1.84. The van der Waals surface area contributed by atoms with Crippen LogP contribution < -0.4 is 0 Å². The van der Waals surface area contributed by atoms with Gasteiger partial charge in [0.15, 0.2) is 11.6 Å². The lowest BCUT2D eigenvalue weighted by atomic mass is 10.0. The van der Waals surface area contributed by atoms with Crippen molar-refractivity contribution in [2.24, 2.45) is 0 Å². The highest BCUT2D eigenvalue weighted by Crippen LogP contribution is 2.25. The summed E-state index contributed by atoms with van der Waals surface area (Å²) in [5.41, 5.74) is 2.44. The fourth-order valence-corrected chi connectivity index (χ4v) is 3.49. The summed E-state index contributed by atoms with van der Waals surface area (Å²) < 4.78 is 56.4. The molecule has 0 fully saturated rings. The minimum absolute atomic E-state index is 0.122. The Hall–Kier alpha value is -3.58. The zero-order chi connectivity index (χ0) is 22.0. The van der Waals surface area contributed by atoms with Crippen molar-refractivity contribution in [1.29, 1.82) is 0 Å². The van der Waals surface area contributed by atoms with Gasteiger partial charge in [-0.05, 0) is 58.8 Å². The predicted octanol–water partition coefficient (Wildman–Crippen LogP) is 7.42. The zero-order valence-corrected chi connectivity index (χ0v) is 16.8. The maximum atomic E-state index is 14.6. The van der Waals surface area contributed by atoms with Crippen LogP contribution in [0, 0.1) is 35.1 Å². The smallest absolute Gasteiger partial charge is 0.166 e. The first-order valence-electron chi connectivity index (χ1n) is 9.94. The molecule has 4 aromatic rings. The van der Waals surface area contributed by atoms with Crippen LogP contribution in [0.3, 0.4) is 0 Å². The van der Waals surface area contributed by atoms with Crippen molar-refractivity contribution in [2.75, 3.05) is 0 Å². The molecular weight excluding hydrogens is 400 g/mol. The molecule has 0 aliphatic carbocycles. The van der Waals surface area contributed by atoms with Gasteiger partial charge in [-0.15, -0.1) is 0 Å². The van der Waals surface area contributed by atoms with Crippen LogP contribution in [0.1, 0.15) is 30.0 Å². The Morgan fingerprint density at radius 3 is 2.06 bits per heavy atom. The summed E-state index contributed by atoms with van der Waals surface area (Å²) in [7, 11) is 0. The summed E-state index contributed by atoms with van der Waals surface area (Å²) >= 11 is 0. The van der Waals surface area contributed by atoms with Crippen LogP contribution in [0.4, 0.5) is 17.6 Å². The number of aryl methyl sites for hydroxylation is 1. The van der Waals surface area contributed by atoms with Gasteiger partial charge < -0.3 is 0 Å². The molecule has 0 radical (unpaired) electrons. The first-order chi connectivity index (χ1) is 15.0. The SMILES string of the molecule is CCCc1ccc(-c2cc(F)c(C#Cc3ccc4c(F)c(F)ccc4c3)c(F)c2)cc1. The fourth-order valence-electron chi connectivity index (χ4n) is 3.49. The third kappa shape index (κ3) is 4.32. The molecule has 0 unspecified atom stereocenters. The number of fused-ring (bicyclic) bond motifs is 1. The van der Waals surface area contributed by atoms with E-state index in [0.717, 1.165) is 24.5 Å². The Kier molecular flexibility index (Phi) is 5.77. The highest BCUT2D eigenvalue weighted by Gasteiger charge is 2.11. The van der Waals surface area contributed by atoms with Gasteiger partial charge in [-0.2, -0.15) is 0 Å². The van der Waals surface area contributed by atoms with Crippen molar-refractivity contribution < 1.29 is 17.6 Å². The number of hydrogen-bond donors (Lipinski definition) is 0. The molecule has 31 heavy (non-hydrogen) atoms. The molecule has 4 aromatic carbocycles.